The number of hydrogen-bond donors (Lipinski definition) is 2. The second kappa shape index (κ2) is 6.87. The average Bonchev–Trinajstić information content (AvgIpc) is 2.91. The minimum Gasteiger partial charge on any atom is -0.505 e. The molecule has 8 heteroatoms. The highest BCUT2D eigenvalue weighted by Crippen LogP contribution is 2.37. The molecule has 0 aliphatic carbocycles. The molecule has 0 spiro atoms. The Morgan fingerprint density at radius 2 is 1.81 bits per heavy atom. The number of carboxylic acid groups (broad SMARTS) is 1. The summed E-state index contributed by atoms with van der Waals surface area (Å²) in [6, 6.07) is 6.80. The van der Waals surface area contributed by atoms with Crippen LogP contribution >= 0.6 is 23.2 Å². The van der Waals surface area contributed by atoms with Gasteiger partial charge in [0.25, 0.3) is 5.91 Å². The van der Waals surface area contributed by atoms with Crippen LogP contribution in [0.2, 0.25) is 10.0 Å². The van der Waals surface area contributed by atoms with Gasteiger partial charge in [-0.2, -0.15) is 0 Å². The van der Waals surface area contributed by atoms with E-state index in [1.165, 1.54) is 42.7 Å². The third-order valence-electron chi connectivity index (χ3n) is 4.51. The fourth-order valence-electron chi connectivity index (χ4n) is 3.15. The van der Waals surface area contributed by atoms with E-state index in [1.807, 2.05) is 0 Å². The Bertz CT molecular complexity index is 1110. The van der Waals surface area contributed by atoms with Crippen molar-refractivity contribution in [3.8, 4) is 5.75 Å². The molecular weight excluding hydrogens is 396 g/mol. The molecule has 1 atom stereocenters. The number of hydrogen-bond acceptors (Lipinski definition) is 3. The number of fused-ring (bicyclic) bond motifs is 1. The fourth-order valence-corrected chi connectivity index (χ4v) is 3.45. The number of phenolic OH excluding ortho intramolecular Hbond substituents is 1. The van der Waals surface area contributed by atoms with Crippen molar-refractivity contribution in [1.82, 2.24) is 4.57 Å². The van der Waals surface area contributed by atoms with E-state index in [9.17, 15) is 24.2 Å². The second-order valence-corrected chi connectivity index (χ2v) is 6.94. The number of nitrogens with zero attached hydrogens (tertiary/aromatic N) is 1. The maximum absolute atomic E-state index is 14.7. The lowest BCUT2D eigenvalue weighted by Crippen LogP contribution is -2.15. The Balaban J connectivity index is 2.35. The van der Waals surface area contributed by atoms with Crippen LogP contribution in [-0.2, 0) is 4.79 Å². The lowest BCUT2D eigenvalue weighted by Gasteiger charge is -2.10. The van der Waals surface area contributed by atoms with Crippen molar-refractivity contribution in [3.63, 3.8) is 0 Å². The van der Waals surface area contributed by atoms with E-state index >= 15 is 0 Å². The fraction of sp³-hybridized carbons (Fsp3) is 0.158. The van der Waals surface area contributed by atoms with Crippen molar-refractivity contribution >= 4 is 46.0 Å². The van der Waals surface area contributed by atoms with Crippen molar-refractivity contribution in [2.45, 2.75) is 19.8 Å². The van der Waals surface area contributed by atoms with Gasteiger partial charge in [-0.3, -0.25) is 14.2 Å². The summed E-state index contributed by atoms with van der Waals surface area (Å²) >= 11 is 11.9. The average molecular weight is 410 g/mol. The van der Waals surface area contributed by atoms with E-state index in [1.54, 1.807) is 0 Å². The van der Waals surface area contributed by atoms with Crippen LogP contribution in [0.25, 0.3) is 10.9 Å². The molecule has 0 aliphatic rings. The summed E-state index contributed by atoms with van der Waals surface area (Å²) < 4.78 is 15.9. The van der Waals surface area contributed by atoms with Gasteiger partial charge in [0.05, 0.1) is 21.5 Å². The number of carboxylic acids is 1. The van der Waals surface area contributed by atoms with Crippen LogP contribution in [0.5, 0.6) is 5.75 Å². The highest BCUT2D eigenvalue weighted by atomic mass is 35.5. The van der Waals surface area contributed by atoms with Crippen molar-refractivity contribution in [1.29, 1.82) is 0 Å². The maximum Gasteiger partial charge on any atom is 0.310 e. The summed E-state index contributed by atoms with van der Waals surface area (Å²) in [5.74, 6) is -4.39. The Morgan fingerprint density at radius 3 is 2.41 bits per heavy atom. The largest absolute Gasteiger partial charge is 0.505 e. The van der Waals surface area contributed by atoms with Gasteiger partial charge < -0.3 is 10.2 Å². The van der Waals surface area contributed by atoms with Gasteiger partial charge in [0.15, 0.2) is 11.6 Å². The smallest absolute Gasteiger partial charge is 0.310 e. The van der Waals surface area contributed by atoms with Gasteiger partial charge in [-0.05, 0) is 49.7 Å². The van der Waals surface area contributed by atoms with E-state index in [2.05, 4.69) is 0 Å². The second-order valence-electron chi connectivity index (χ2n) is 6.12. The molecule has 1 aromatic heterocycles. The first kappa shape index (κ1) is 19.2. The summed E-state index contributed by atoms with van der Waals surface area (Å²) in [5.41, 5.74) is 0.745. The lowest BCUT2D eigenvalue weighted by molar-refractivity contribution is -0.138. The van der Waals surface area contributed by atoms with E-state index in [0.29, 0.717) is 0 Å². The van der Waals surface area contributed by atoms with Gasteiger partial charge in [0.1, 0.15) is 0 Å². The third kappa shape index (κ3) is 3.05. The van der Waals surface area contributed by atoms with Crippen molar-refractivity contribution in [3.05, 3.63) is 63.0 Å². The molecule has 1 heterocycles. The topological polar surface area (TPSA) is 79.5 Å². The number of carbonyl (C=O) groups excluding carboxylic acids is 1. The van der Waals surface area contributed by atoms with Crippen LogP contribution in [0.1, 0.15) is 34.5 Å². The summed E-state index contributed by atoms with van der Waals surface area (Å²) in [4.78, 5) is 24.6. The number of carbonyl (C=O) groups is 2. The monoisotopic (exact) mass is 409 g/mol. The number of aromatic hydroxyl groups is 1. The molecule has 0 bridgehead atoms. The van der Waals surface area contributed by atoms with Gasteiger partial charge in [-0.15, -0.1) is 0 Å². The first-order valence-corrected chi connectivity index (χ1v) is 8.65. The third-order valence-corrected chi connectivity index (χ3v) is 5.25. The van der Waals surface area contributed by atoms with Gasteiger partial charge >= 0.3 is 5.97 Å². The summed E-state index contributed by atoms with van der Waals surface area (Å²) in [7, 11) is 0. The molecule has 27 heavy (non-hydrogen) atoms. The zero-order chi connectivity index (χ0) is 20.0. The normalized spacial score (nSPS) is 12.3. The quantitative estimate of drug-likeness (QED) is 0.639. The molecule has 5 nitrogen and oxygen atoms in total. The lowest BCUT2D eigenvalue weighted by atomic mass is 9.97. The molecular formula is C19H14Cl2FNO4. The molecule has 140 valence electrons. The van der Waals surface area contributed by atoms with Gasteiger partial charge in [0, 0.05) is 16.6 Å². The first-order chi connectivity index (χ1) is 12.6. The number of benzene rings is 2. The van der Waals surface area contributed by atoms with Crippen LogP contribution in [0.4, 0.5) is 4.39 Å². The molecule has 0 unspecified atom stereocenters. The Hall–Kier alpha value is -2.57. The molecule has 3 rings (SSSR count). The molecule has 3 aromatic rings. The molecule has 0 saturated carbocycles. The molecule has 0 fully saturated rings. The van der Waals surface area contributed by atoms with E-state index in [4.69, 9.17) is 23.2 Å². The minimum absolute atomic E-state index is 0.101. The predicted molar refractivity (Wildman–Crippen MR) is 101 cm³/mol. The van der Waals surface area contributed by atoms with E-state index < -0.39 is 29.4 Å². The van der Waals surface area contributed by atoms with E-state index in [-0.39, 0.29) is 37.8 Å². The highest BCUT2D eigenvalue weighted by Gasteiger charge is 2.29. The standard InChI is InChI=1S/C19H14Cl2FNO4/c1-8(19(26)27)15-9(2)23(13-5-6-14(24)17(22)16(13)15)18(25)10-3-4-11(20)12(21)7-10/h3-8,24H,1-2H3,(H,26,27)/t8-/m1/s1. The van der Waals surface area contributed by atoms with Crippen molar-refractivity contribution in [2.75, 3.05) is 0 Å². The van der Waals surface area contributed by atoms with Crippen molar-refractivity contribution in [2.24, 2.45) is 0 Å². The van der Waals surface area contributed by atoms with Gasteiger partial charge in [0.2, 0.25) is 0 Å². The number of phenols is 1. The van der Waals surface area contributed by atoms with Gasteiger partial charge in [-0.1, -0.05) is 23.2 Å². The SMILES string of the molecule is Cc1c([C@@H](C)C(=O)O)c2c(F)c(O)ccc2n1C(=O)c1ccc(Cl)c(Cl)c1. The van der Waals surface area contributed by atoms with Crippen LogP contribution < -0.4 is 0 Å². The molecule has 0 aliphatic heterocycles. The number of aliphatic carboxylic acids is 1. The predicted octanol–water partition coefficient (Wildman–Crippen LogP) is 4.98. The van der Waals surface area contributed by atoms with Crippen LogP contribution in [0, 0.1) is 12.7 Å². The maximum atomic E-state index is 14.7. The van der Waals surface area contributed by atoms with E-state index in [0.717, 1.165) is 6.07 Å². The molecule has 2 aromatic carbocycles. The Kier molecular flexibility index (Phi) is 4.88. The number of halogens is 3. The van der Waals surface area contributed by atoms with Crippen LogP contribution in [0.15, 0.2) is 30.3 Å². The zero-order valence-corrected chi connectivity index (χ0v) is 15.8. The summed E-state index contributed by atoms with van der Waals surface area (Å²) in [6.07, 6.45) is 0. The van der Waals surface area contributed by atoms with Crippen LogP contribution in [0.3, 0.4) is 0 Å². The Labute approximate surface area is 163 Å². The summed E-state index contributed by atoms with van der Waals surface area (Å²) in [6.45, 7) is 2.92. The molecule has 0 saturated heterocycles. The van der Waals surface area contributed by atoms with Crippen molar-refractivity contribution < 1.29 is 24.2 Å². The first-order valence-electron chi connectivity index (χ1n) is 7.90. The Morgan fingerprint density at radius 1 is 1.15 bits per heavy atom. The minimum atomic E-state index is -1.18. The number of rotatable bonds is 3. The number of aromatic nitrogens is 1. The van der Waals surface area contributed by atoms with Crippen LogP contribution in [-0.4, -0.2) is 26.7 Å². The molecule has 2 N–H and O–H groups in total. The zero-order valence-electron chi connectivity index (χ0n) is 14.3. The molecule has 0 amide bonds. The van der Waals surface area contributed by atoms with Gasteiger partial charge in [-0.25, -0.2) is 4.39 Å². The highest BCUT2D eigenvalue weighted by molar-refractivity contribution is 6.42. The summed E-state index contributed by atoms with van der Waals surface area (Å²) in [5, 5.41) is 19.5. The molecule has 0 radical (unpaired) electrons.